The number of aryl methyl sites for hydroxylation is 1. The molecule has 2 aliphatic rings. The highest BCUT2D eigenvalue weighted by Crippen LogP contribution is 2.19. The fourth-order valence-corrected chi connectivity index (χ4v) is 3.29. The minimum Gasteiger partial charge on any atom is -0.354 e. The number of carbonyl (C=O) groups is 1. The number of amides is 1. The van der Waals surface area contributed by atoms with Crippen LogP contribution < -0.4 is 4.90 Å². The lowest BCUT2D eigenvalue weighted by molar-refractivity contribution is -0.119. The number of piperazine rings is 1. The first-order valence-corrected chi connectivity index (χ1v) is 7.73. The molecule has 0 radical (unpaired) electrons. The standard InChI is InChI=1S/C15H23N5O/c1-13-10-15(17-11-16-13)20-8-6-19(7-9-20)14-2-4-18(12-21)5-3-14/h10-12,14H,2-9H2,1H3. The Kier molecular flexibility index (Phi) is 4.34. The normalized spacial score (nSPS) is 21.6. The first-order chi connectivity index (χ1) is 10.3. The molecule has 2 fully saturated rings. The highest BCUT2D eigenvalue weighted by atomic mass is 16.1. The van der Waals surface area contributed by atoms with E-state index in [0.717, 1.165) is 70.0 Å². The molecule has 2 saturated heterocycles. The van der Waals surface area contributed by atoms with Crippen molar-refractivity contribution in [3.63, 3.8) is 0 Å². The average molecular weight is 289 g/mol. The summed E-state index contributed by atoms with van der Waals surface area (Å²) in [5, 5.41) is 0. The van der Waals surface area contributed by atoms with Gasteiger partial charge in [0.1, 0.15) is 12.1 Å². The second-order valence-corrected chi connectivity index (χ2v) is 5.91. The van der Waals surface area contributed by atoms with Crippen LogP contribution in [0.25, 0.3) is 0 Å². The quantitative estimate of drug-likeness (QED) is 0.760. The number of hydrogen-bond donors (Lipinski definition) is 0. The van der Waals surface area contributed by atoms with E-state index in [2.05, 4.69) is 25.8 Å². The molecule has 0 unspecified atom stereocenters. The van der Waals surface area contributed by atoms with E-state index in [0.29, 0.717) is 6.04 Å². The van der Waals surface area contributed by atoms with Crippen molar-refractivity contribution in [1.29, 1.82) is 0 Å². The van der Waals surface area contributed by atoms with Gasteiger partial charge in [0, 0.05) is 57.1 Å². The van der Waals surface area contributed by atoms with Crippen LogP contribution in [0.5, 0.6) is 0 Å². The minimum atomic E-state index is 0.635. The van der Waals surface area contributed by atoms with Crippen LogP contribution in [0.15, 0.2) is 12.4 Å². The van der Waals surface area contributed by atoms with Crippen molar-refractivity contribution in [3.8, 4) is 0 Å². The van der Waals surface area contributed by atoms with Crippen molar-refractivity contribution in [1.82, 2.24) is 19.8 Å². The highest BCUT2D eigenvalue weighted by molar-refractivity contribution is 5.47. The van der Waals surface area contributed by atoms with Crippen molar-refractivity contribution in [2.24, 2.45) is 0 Å². The summed E-state index contributed by atoms with van der Waals surface area (Å²) >= 11 is 0. The summed E-state index contributed by atoms with van der Waals surface area (Å²) in [6.07, 6.45) is 4.83. The number of likely N-dealkylation sites (tertiary alicyclic amines) is 1. The van der Waals surface area contributed by atoms with Crippen LogP contribution in [0, 0.1) is 6.92 Å². The van der Waals surface area contributed by atoms with Crippen LogP contribution in [0.4, 0.5) is 5.82 Å². The fourth-order valence-electron chi connectivity index (χ4n) is 3.29. The van der Waals surface area contributed by atoms with Gasteiger partial charge in [-0.05, 0) is 19.8 Å². The average Bonchev–Trinajstić information content (AvgIpc) is 2.55. The van der Waals surface area contributed by atoms with Gasteiger partial charge in [-0.25, -0.2) is 9.97 Å². The molecular weight excluding hydrogens is 266 g/mol. The Morgan fingerprint density at radius 2 is 1.81 bits per heavy atom. The van der Waals surface area contributed by atoms with Gasteiger partial charge in [-0.3, -0.25) is 9.69 Å². The maximum Gasteiger partial charge on any atom is 0.209 e. The molecule has 6 heteroatoms. The van der Waals surface area contributed by atoms with Crippen LogP contribution in [0.2, 0.25) is 0 Å². The predicted molar refractivity (Wildman–Crippen MR) is 81.2 cm³/mol. The number of piperidine rings is 1. The first kappa shape index (κ1) is 14.3. The van der Waals surface area contributed by atoms with Crippen molar-refractivity contribution in [3.05, 3.63) is 18.1 Å². The van der Waals surface area contributed by atoms with Crippen molar-refractivity contribution in [2.75, 3.05) is 44.2 Å². The van der Waals surface area contributed by atoms with Gasteiger partial charge in [0.2, 0.25) is 6.41 Å². The van der Waals surface area contributed by atoms with E-state index in [1.807, 2.05) is 11.8 Å². The Balaban J connectivity index is 1.52. The van der Waals surface area contributed by atoms with E-state index < -0.39 is 0 Å². The number of hydrogen-bond acceptors (Lipinski definition) is 5. The zero-order valence-corrected chi connectivity index (χ0v) is 12.6. The molecule has 0 N–H and O–H groups in total. The Labute approximate surface area is 125 Å². The molecule has 1 aromatic rings. The number of anilines is 1. The minimum absolute atomic E-state index is 0.635. The van der Waals surface area contributed by atoms with Gasteiger partial charge in [-0.2, -0.15) is 0 Å². The van der Waals surface area contributed by atoms with Gasteiger partial charge in [0.15, 0.2) is 0 Å². The molecule has 0 spiro atoms. The number of carbonyl (C=O) groups excluding carboxylic acids is 1. The van der Waals surface area contributed by atoms with E-state index in [1.54, 1.807) is 6.33 Å². The van der Waals surface area contributed by atoms with Crippen molar-refractivity contribution in [2.45, 2.75) is 25.8 Å². The van der Waals surface area contributed by atoms with Gasteiger partial charge in [0.05, 0.1) is 0 Å². The van der Waals surface area contributed by atoms with Gasteiger partial charge in [0.25, 0.3) is 0 Å². The number of rotatable bonds is 3. The zero-order valence-electron chi connectivity index (χ0n) is 12.6. The summed E-state index contributed by atoms with van der Waals surface area (Å²) in [6.45, 7) is 8.00. The summed E-state index contributed by atoms with van der Waals surface area (Å²) in [5.74, 6) is 1.04. The third-order valence-electron chi connectivity index (χ3n) is 4.59. The Hall–Kier alpha value is -1.69. The third kappa shape index (κ3) is 3.32. The Bertz CT molecular complexity index is 479. The van der Waals surface area contributed by atoms with E-state index in [4.69, 9.17) is 0 Å². The summed E-state index contributed by atoms with van der Waals surface area (Å²) in [4.78, 5) is 26.1. The summed E-state index contributed by atoms with van der Waals surface area (Å²) in [7, 11) is 0. The Morgan fingerprint density at radius 3 is 2.43 bits per heavy atom. The molecule has 1 amide bonds. The van der Waals surface area contributed by atoms with Gasteiger partial charge >= 0.3 is 0 Å². The van der Waals surface area contributed by atoms with Gasteiger partial charge in [-0.1, -0.05) is 0 Å². The smallest absolute Gasteiger partial charge is 0.209 e. The molecule has 21 heavy (non-hydrogen) atoms. The van der Waals surface area contributed by atoms with Crippen LogP contribution in [0.3, 0.4) is 0 Å². The maximum atomic E-state index is 10.8. The summed E-state index contributed by atoms with van der Waals surface area (Å²) < 4.78 is 0. The lowest BCUT2D eigenvalue weighted by atomic mass is 10.0. The van der Waals surface area contributed by atoms with Crippen LogP contribution in [-0.4, -0.2) is 71.5 Å². The first-order valence-electron chi connectivity index (χ1n) is 7.73. The van der Waals surface area contributed by atoms with Crippen molar-refractivity contribution < 1.29 is 4.79 Å². The Morgan fingerprint density at radius 1 is 1.10 bits per heavy atom. The van der Waals surface area contributed by atoms with Crippen LogP contribution >= 0.6 is 0 Å². The van der Waals surface area contributed by atoms with Gasteiger partial charge in [-0.15, -0.1) is 0 Å². The molecule has 6 nitrogen and oxygen atoms in total. The molecule has 0 saturated carbocycles. The van der Waals surface area contributed by atoms with Crippen LogP contribution in [-0.2, 0) is 4.79 Å². The van der Waals surface area contributed by atoms with E-state index in [-0.39, 0.29) is 0 Å². The lowest BCUT2D eigenvalue weighted by Gasteiger charge is -2.42. The molecule has 1 aromatic heterocycles. The molecule has 3 rings (SSSR count). The second-order valence-electron chi connectivity index (χ2n) is 5.91. The lowest BCUT2D eigenvalue weighted by Crippen LogP contribution is -2.53. The molecule has 2 aliphatic heterocycles. The topological polar surface area (TPSA) is 52.6 Å². The zero-order chi connectivity index (χ0) is 14.7. The predicted octanol–water partition coefficient (Wildman–Crippen LogP) is 0.528. The molecular formula is C15H23N5O. The van der Waals surface area contributed by atoms with Gasteiger partial charge < -0.3 is 9.80 Å². The summed E-state index contributed by atoms with van der Waals surface area (Å²) in [6, 6.07) is 2.69. The third-order valence-corrected chi connectivity index (χ3v) is 4.59. The number of nitrogens with zero attached hydrogens (tertiary/aromatic N) is 5. The van der Waals surface area contributed by atoms with Crippen molar-refractivity contribution >= 4 is 12.2 Å². The molecule has 114 valence electrons. The molecule has 0 bridgehead atoms. The maximum absolute atomic E-state index is 10.8. The van der Waals surface area contributed by atoms with E-state index >= 15 is 0 Å². The molecule has 3 heterocycles. The monoisotopic (exact) mass is 289 g/mol. The summed E-state index contributed by atoms with van der Waals surface area (Å²) in [5.41, 5.74) is 1.02. The fraction of sp³-hybridized carbons (Fsp3) is 0.667. The van der Waals surface area contributed by atoms with E-state index in [9.17, 15) is 4.79 Å². The molecule has 0 aliphatic carbocycles. The largest absolute Gasteiger partial charge is 0.354 e. The second kappa shape index (κ2) is 6.39. The van der Waals surface area contributed by atoms with E-state index in [1.165, 1.54) is 0 Å². The SMILES string of the molecule is Cc1cc(N2CCN(C3CCN(C=O)CC3)CC2)ncn1. The molecule has 0 atom stereocenters. The highest BCUT2D eigenvalue weighted by Gasteiger charge is 2.27. The number of aromatic nitrogens is 2. The van der Waals surface area contributed by atoms with Crippen LogP contribution in [0.1, 0.15) is 18.5 Å². The molecule has 0 aromatic carbocycles.